The van der Waals surface area contributed by atoms with E-state index in [1.807, 2.05) is 13.0 Å². The molecule has 3 rings (SSSR count). The fourth-order valence-corrected chi connectivity index (χ4v) is 4.15. The first kappa shape index (κ1) is 18.8. The van der Waals surface area contributed by atoms with E-state index in [4.69, 9.17) is 4.74 Å². The van der Waals surface area contributed by atoms with Crippen LogP contribution in [0.4, 0.5) is 0 Å². The van der Waals surface area contributed by atoms with Gasteiger partial charge in [-0.25, -0.2) is 0 Å². The number of aromatic nitrogens is 1. The highest BCUT2D eigenvalue weighted by Gasteiger charge is 2.36. The van der Waals surface area contributed by atoms with E-state index in [9.17, 15) is 4.79 Å². The van der Waals surface area contributed by atoms with Gasteiger partial charge in [0.15, 0.2) is 0 Å². The molecule has 2 heterocycles. The molecule has 1 aliphatic heterocycles. The molecule has 1 fully saturated rings. The van der Waals surface area contributed by atoms with Crippen molar-refractivity contribution in [2.24, 2.45) is 13.0 Å². The maximum atomic E-state index is 12.1. The highest BCUT2D eigenvalue weighted by Crippen LogP contribution is 2.35. The molecule has 1 amide bonds. The van der Waals surface area contributed by atoms with Gasteiger partial charge < -0.3 is 19.5 Å². The Labute approximate surface area is 156 Å². The monoisotopic (exact) mass is 357 g/mol. The lowest BCUT2D eigenvalue weighted by Gasteiger charge is -2.19. The van der Waals surface area contributed by atoms with E-state index in [0.717, 1.165) is 25.4 Å². The van der Waals surface area contributed by atoms with Crippen molar-refractivity contribution in [3.8, 4) is 5.75 Å². The van der Waals surface area contributed by atoms with Crippen molar-refractivity contribution >= 4 is 16.8 Å². The van der Waals surface area contributed by atoms with E-state index < -0.39 is 0 Å². The van der Waals surface area contributed by atoms with Crippen molar-refractivity contribution < 1.29 is 9.53 Å². The second-order valence-electron chi connectivity index (χ2n) is 7.82. The van der Waals surface area contributed by atoms with Crippen LogP contribution in [0.5, 0.6) is 5.75 Å². The van der Waals surface area contributed by atoms with Crippen LogP contribution in [0.15, 0.2) is 24.4 Å². The number of rotatable bonds is 6. The lowest BCUT2D eigenvalue weighted by atomic mass is 9.93. The largest absolute Gasteiger partial charge is 0.497 e. The number of carbonyl (C=O) groups excluding carboxylic acids is 1. The predicted octanol–water partition coefficient (Wildman–Crippen LogP) is 3.14. The number of hydrogen-bond donors (Lipinski definition) is 1. The Hall–Kier alpha value is -2.01. The maximum absolute atomic E-state index is 12.1. The smallest absolute Gasteiger partial charge is 0.219 e. The summed E-state index contributed by atoms with van der Waals surface area (Å²) in [4.78, 5) is 14.6. The van der Waals surface area contributed by atoms with Gasteiger partial charge in [-0.15, -0.1) is 0 Å². The number of methoxy groups -OCH3 is 1. The van der Waals surface area contributed by atoms with E-state index in [1.165, 1.54) is 16.5 Å². The van der Waals surface area contributed by atoms with E-state index in [2.05, 4.69) is 54.0 Å². The topological polar surface area (TPSA) is 46.5 Å². The molecule has 1 saturated heterocycles. The minimum atomic E-state index is 0.129. The van der Waals surface area contributed by atoms with Gasteiger partial charge in [0, 0.05) is 62.2 Å². The highest BCUT2D eigenvalue weighted by atomic mass is 16.5. The molecule has 0 radical (unpaired) electrons. The van der Waals surface area contributed by atoms with Crippen molar-refractivity contribution in [1.29, 1.82) is 0 Å². The zero-order valence-corrected chi connectivity index (χ0v) is 16.6. The molecule has 0 unspecified atom stereocenters. The minimum Gasteiger partial charge on any atom is -0.497 e. The SMILES string of the molecule is CCC(=O)N[C@H]1CN(CC(C)C)C[C@@H]1c1cn(C)c2ccc(OC)cc12. The van der Waals surface area contributed by atoms with Crippen LogP contribution in [0.2, 0.25) is 0 Å². The third-order valence-corrected chi connectivity index (χ3v) is 5.31. The van der Waals surface area contributed by atoms with E-state index in [-0.39, 0.29) is 11.9 Å². The average Bonchev–Trinajstić information content (AvgIpc) is 3.14. The normalized spacial score (nSPS) is 20.8. The Balaban J connectivity index is 1.98. The lowest BCUT2D eigenvalue weighted by Crippen LogP contribution is -2.39. The van der Waals surface area contributed by atoms with Gasteiger partial charge in [-0.3, -0.25) is 4.79 Å². The summed E-state index contributed by atoms with van der Waals surface area (Å²) in [7, 11) is 3.78. The molecule has 0 spiro atoms. The zero-order valence-electron chi connectivity index (χ0n) is 16.6. The Morgan fingerprint density at radius 2 is 2.12 bits per heavy atom. The van der Waals surface area contributed by atoms with Gasteiger partial charge in [0.2, 0.25) is 5.91 Å². The molecule has 2 atom stereocenters. The summed E-state index contributed by atoms with van der Waals surface area (Å²) < 4.78 is 7.62. The summed E-state index contributed by atoms with van der Waals surface area (Å²) in [5, 5.41) is 4.48. The first-order chi connectivity index (χ1) is 12.4. The van der Waals surface area contributed by atoms with Crippen molar-refractivity contribution in [2.75, 3.05) is 26.7 Å². The van der Waals surface area contributed by atoms with Crippen LogP contribution < -0.4 is 10.1 Å². The summed E-state index contributed by atoms with van der Waals surface area (Å²) >= 11 is 0. The summed E-state index contributed by atoms with van der Waals surface area (Å²) in [6.45, 7) is 9.35. The fourth-order valence-electron chi connectivity index (χ4n) is 4.15. The third-order valence-electron chi connectivity index (χ3n) is 5.31. The number of nitrogens with one attached hydrogen (secondary N) is 1. The van der Waals surface area contributed by atoms with Crippen LogP contribution in [0.3, 0.4) is 0 Å². The molecule has 2 aromatic rings. The van der Waals surface area contributed by atoms with Crippen LogP contribution >= 0.6 is 0 Å². The Kier molecular flexibility index (Phi) is 5.56. The number of carbonyl (C=O) groups is 1. The first-order valence-corrected chi connectivity index (χ1v) is 9.57. The molecule has 1 aromatic carbocycles. The molecule has 142 valence electrons. The number of aryl methyl sites for hydroxylation is 1. The van der Waals surface area contributed by atoms with Gasteiger partial charge in [0.1, 0.15) is 5.75 Å². The van der Waals surface area contributed by atoms with Crippen molar-refractivity contribution in [3.05, 3.63) is 30.0 Å². The van der Waals surface area contributed by atoms with Gasteiger partial charge in [-0.2, -0.15) is 0 Å². The van der Waals surface area contributed by atoms with Crippen LogP contribution in [0, 0.1) is 5.92 Å². The molecule has 0 aliphatic carbocycles. The molecule has 5 heteroatoms. The number of amides is 1. The van der Waals surface area contributed by atoms with Crippen molar-refractivity contribution in [2.45, 2.75) is 39.2 Å². The number of benzene rings is 1. The molecule has 1 aliphatic rings. The summed E-state index contributed by atoms with van der Waals surface area (Å²) in [6.07, 6.45) is 2.75. The van der Waals surface area contributed by atoms with E-state index in [0.29, 0.717) is 18.3 Å². The number of fused-ring (bicyclic) bond motifs is 1. The fraction of sp³-hybridized carbons (Fsp3) is 0.571. The van der Waals surface area contributed by atoms with E-state index in [1.54, 1.807) is 7.11 Å². The first-order valence-electron chi connectivity index (χ1n) is 9.57. The minimum absolute atomic E-state index is 0.129. The van der Waals surface area contributed by atoms with Crippen molar-refractivity contribution in [1.82, 2.24) is 14.8 Å². The number of hydrogen-bond acceptors (Lipinski definition) is 3. The van der Waals surface area contributed by atoms with Crippen LogP contribution in [-0.4, -0.2) is 48.2 Å². The molecular weight excluding hydrogens is 326 g/mol. The molecule has 0 saturated carbocycles. The summed E-state index contributed by atoms with van der Waals surface area (Å²) in [5.41, 5.74) is 2.50. The van der Waals surface area contributed by atoms with Crippen LogP contribution in [0.1, 0.15) is 38.7 Å². The average molecular weight is 357 g/mol. The summed E-state index contributed by atoms with van der Waals surface area (Å²) in [5.74, 6) is 1.91. The number of likely N-dealkylation sites (tertiary alicyclic amines) is 1. The Morgan fingerprint density at radius 3 is 2.77 bits per heavy atom. The lowest BCUT2D eigenvalue weighted by molar-refractivity contribution is -0.121. The van der Waals surface area contributed by atoms with Gasteiger partial charge in [0.05, 0.1) is 7.11 Å². The zero-order chi connectivity index (χ0) is 18.8. The molecule has 5 nitrogen and oxygen atoms in total. The van der Waals surface area contributed by atoms with Crippen molar-refractivity contribution in [3.63, 3.8) is 0 Å². The third kappa shape index (κ3) is 3.73. The van der Waals surface area contributed by atoms with Crippen LogP contribution in [-0.2, 0) is 11.8 Å². The van der Waals surface area contributed by atoms with Gasteiger partial charge >= 0.3 is 0 Å². The van der Waals surface area contributed by atoms with Gasteiger partial charge in [-0.05, 0) is 29.7 Å². The maximum Gasteiger partial charge on any atom is 0.219 e. The molecule has 1 aromatic heterocycles. The second kappa shape index (κ2) is 7.70. The van der Waals surface area contributed by atoms with Gasteiger partial charge in [-0.1, -0.05) is 20.8 Å². The van der Waals surface area contributed by atoms with E-state index >= 15 is 0 Å². The highest BCUT2D eigenvalue weighted by molar-refractivity contribution is 5.86. The predicted molar refractivity (Wildman–Crippen MR) is 106 cm³/mol. The molecule has 0 bridgehead atoms. The number of ether oxygens (including phenoxy) is 1. The molecular formula is C21H31N3O2. The Morgan fingerprint density at radius 1 is 1.35 bits per heavy atom. The van der Waals surface area contributed by atoms with Crippen LogP contribution in [0.25, 0.3) is 10.9 Å². The summed E-state index contributed by atoms with van der Waals surface area (Å²) in [6, 6.07) is 6.38. The Bertz CT molecular complexity index is 781. The number of nitrogens with zero attached hydrogens (tertiary/aromatic N) is 2. The molecule has 26 heavy (non-hydrogen) atoms. The quantitative estimate of drug-likeness (QED) is 0.864. The standard InChI is InChI=1S/C21H31N3O2/c1-6-21(25)22-19-13-24(10-14(2)3)12-18(19)17-11-23(4)20-8-7-15(26-5)9-16(17)20/h7-9,11,14,18-19H,6,10,12-13H2,1-5H3,(H,22,25)/t18-,19+/m1/s1. The molecule has 1 N–H and O–H groups in total. The van der Waals surface area contributed by atoms with Gasteiger partial charge in [0.25, 0.3) is 0 Å². The second-order valence-corrected chi connectivity index (χ2v) is 7.82.